The molecule has 0 saturated heterocycles. The van der Waals surface area contributed by atoms with Crippen LogP contribution >= 0.6 is 0 Å². The lowest BCUT2D eigenvalue weighted by molar-refractivity contribution is -0.121. The number of carbonyl (C=O) groups is 2. The fraction of sp³-hybridized carbons (Fsp3) is 0.130. The van der Waals surface area contributed by atoms with Crippen LogP contribution in [-0.2, 0) is 19.4 Å². The van der Waals surface area contributed by atoms with Crippen LogP contribution in [0.4, 0.5) is 11.4 Å². The first-order chi connectivity index (χ1) is 14.5. The van der Waals surface area contributed by atoms with Gasteiger partial charge in [0.1, 0.15) is 6.54 Å². The Kier molecular flexibility index (Phi) is 5.37. The Morgan fingerprint density at radius 3 is 2.20 bits per heavy atom. The summed E-state index contributed by atoms with van der Waals surface area (Å²) in [6.45, 7) is -0.276. The van der Waals surface area contributed by atoms with Gasteiger partial charge in [0.15, 0.2) is 9.84 Å². The van der Waals surface area contributed by atoms with Crippen LogP contribution in [0, 0.1) is 0 Å². The molecule has 0 spiro atoms. The number of hydrogen-bond donors (Lipinski definition) is 1. The molecule has 0 bridgehead atoms. The summed E-state index contributed by atoms with van der Waals surface area (Å²) in [5.74, 6) is -0.819. The Bertz CT molecular complexity index is 1180. The van der Waals surface area contributed by atoms with Gasteiger partial charge in [0, 0.05) is 12.1 Å². The van der Waals surface area contributed by atoms with E-state index in [1.165, 1.54) is 11.0 Å². The lowest BCUT2D eigenvalue weighted by Crippen LogP contribution is -2.38. The molecule has 0 aliphatic carbocycles. The normalized spacial score (nSPS) is 17.7. The summed E-state index contributed by atoms with van der Waals surface area (Å²) in [6, 6.07) is 23.9. The number of nitrogens with zero attached hydrogens (tertiary/aromatic N) is 1. The Hall–Kier alpha value is -3.45. The summed E-state index contributed by atoms with van der Waals surface area (Å²) < 4.78 is 26.8. The van der Waals surface area contributed by atoms with Crippen LogP contribution in [0.1, 0.15) is 17.2 Å². The number of carbonyl (C=O) groups excluding carboxylic acids is 2. The van der Waals surface area contributed by atoms with Gasteiger partial charge in [-0.3, -0.25) is 9.59 Å². The van der Waals surface area contributed by atoms with Crippen LogP contribution in [0.2, 0.25) is 0 Å². The maximum absolute atomic E-state index is 13.4. The third kappa shape index (κ3) is 3.84. The zero-order chi connectivity index (χ0) is 21.1. The molecule has 1 aliphatic rings. The molecule has 0 radical (unpaired) electrons. The lowest BCUT2D eigenvalue weighted by Gasteiger charge is -2.21. The van der Waals surface area contributed by atoms with Gasteiger partial charge in [-0.2, -0.15) is 0 Å². The summed E-state index contributed by atoms with van der Waals surface area (Å²) >= 11 is 0. The number of fused-ring (bicyclic) bond motifs is 1. The molecule has 30 heavy (non-hydrogen) atoms. The molecule has 0 fully saturated rings. The summed E-state index contributed by atoms with van der Waals surface area (Å²) in [5, 5.41) is 1.74. The molecule has 7 heteroatoms. The highest BCUT2D eigenvalue weighted by Gasteiger charge is 2.39. The SMILES string of the molecule is O=C(CN1C(=O)C[C@@H](c2ccccc2)S(=O)(=O)c2ccccc21)Nc1ccccc1. The maximum Gasteiger partial charge on any atom is 0.244 e. The average Bonchev–Trinajstić information content (AvgIpc) is 2.84. The van der Waals surface area contributed by atoms with E-state index in [2.05, 4.69) is 5.32 Å². The number of hydrogen-bond acceptors (Lipinski definition) is 4. The quantitative estimate of drug-likeness (QED) is 0.699. The number of nitrogens with one attached hydrogen (secondary N) is 1. The van der Waals surface area contributed by atoms with E-state index in [-0.39, 0.29) is 23.5 Å². The van der Waals surface area contributed by atoms with Crippen LogP contribution < -0.4 is 10.2 Å². The van der Waals surface area contributed by atoms with Crippen molar-refractivity contribution in [1.29, 1.82) is 0 Å². The molecule has 4 rings (SSSR count). The van der Waals surface area contributed by atoms with Crippen molar-refractivity contribution in [2.75, 3.05) is 16.8 Å². The van der Waals surface area contributed by atoms with Gasteiger partial charge in [0.25, 0.3) is 0 Å². The van der Waals surface area contributed by atoms with Gasteiger partial charge < -0.3 is 10.2 Å². The predicted octanol–water partition coefficient (Wildman–Crippen LogP) is 3.58. The second-order valence-corrected chi connectivity index (χ2v) is 9.11. The van der Waals surface area contributed by atoms with Gasteiger partial charge >= 0.3 is 0 Å². The van der Waals surface area contributed by atoms with E-state index < -0.39 is 26.9 Å². The van der Waals surface area contributed by atoms with Crippen LogP contribution in [-0.4, -0.2) is 26.8 Å². The van der Waals surface area contributed by atoms with Crippen LogP contribution in [0.25, 0.3) is 0 Å². The van der Waals surface area contributed by atoms with Gasteiger partial charge in [0.05, 0.1) is 15.8 Å². The molecule has 152 valence electrons. The number of benzene rings is 3. The molecule has 3 aromatic carbocycles. The summed E-state index contributed by atoms with van der Waals surface area (Å²) in [7, 11) is -3.83. The topological polar surface area (TPSA) is 83.6 Å². The molecular formula is C23H20N2O4S. The van der Waals surface area contributed by atoms with Crippen molar-refractivity contribution >= 4 is 33.0 Å². The van der Waals surface area contributed by atoms with E-state index in [0.29, 0.717) is 11.3 Å². The third-order valence-corrected chi connectivity index (χ3v) is 7.18. The molecule has 0 saturated carbocycles. The van der Waals surface area contributed by atoms with Crippen molar-refractivity contribution in [3.8, 4) is 0 Å². The third-order valence-electron chi connectivity index (χ3n) is 5.03. The Labute approximate surface area is 175 Å². The summed E-state index contributed by atoms with van der Waals surface area (Å²) in [5.41, 5.74) is 1.38. The molecule has 0 aromatic heterocycles. The van der Waals surface area contributed by atoms with E-state index in [1.807, 2.05) is 6.07 Å². The molecule has 1 atom stereocenters. The summed E-state index contributed by atoms with van der Waals surface area (Å²) in [6.07, 6.45) is -0.236. The maximum atomic E-state index is 13.4. The van der Waals surface area contributed by atoms with E-state index in [4.69, 9.17) is 0 Å². The van der Waals surface area contributed by atoms with Crippen LogP contribution in [0.5, 0.6) is 0 Å². The molecular weight excluding hydrogens is 400 g/mol. The Balaban J connectivity index is 1.71. The van der Waals surface area contributed by atoms with Crippen molar-refractivity contribution in [2.45, 2.75) is 16.6 Å². The number of sulfone groups is 1. The Morgan fingerprint density at radius 1 is 0.900 bits per heavy atom. The van der Waals surface area contributed by atoms with Gasteiger partial charge in [0.2, 0.25) is 11.8 Å². The smallest absolute Gasteiger partial charge is 0.244 e. The van der Waals surface area contributed by atoms with Gasteiger partial charge in [-0.1, -0.05) is 60.7 Å². The number of rotatable bonds is 4. The fourth-order valence-corrected chi connectivity index (χ4v) is 5.51. The molecule has 1 N–H and O–H groups in total. The molecule has 2 amide bonds. The van der Waals surface area contributed by atoms with Crippen molar-refractivity contribution < 1.29 is 18.0 Å². The highest BCUT2D eigenvalue weighted by atomic mass is 32.2. The van der Waals surface area contributed by atoms with Crippen molar-refractivity contribution in [1.82, 2.24) is 0 Å². The number of para-hydroxylation sites is 2. The van der Waals surface area contributed by atoms with Crippen molar-refractivity contribution in [2.24, 2.45) is 0 Å². The van der Waals surface area contributed by atoms with Gasteiger partial charge in [-0.15, -0.1) is 0 Å². The number of anilines is 2. The van der Waals surface area contributed by atoms with E-state index >= 15 is 0 Å². The summed E-state index contributed by atoms with van der Waals surface area (Å²) in [4.78, 5) is 27.0. The average molecular weight is 420 g/mol. The zero-order valence-electron chi connectivity index (χ0n) is 16.1. The van der Waals surface area contributed by atoms with Gasteiger partial charge in [-0.25, -0.2) is 8.42 Å². The minimum Gasteiger partial charge on any atom is -0.325 e. The Morgan fingerprint density at radius 2 is 1.50 bits per heavy atom. The standard InChI is InChI=1S/C23H20N2O4S/c26-22(24-18-11-5-2-6-12-18)16-25-19-13-7-8-14-20(19)30(28,29)21(15-23(25)27)17-9-3-1-4-10-17/h1-14,21H,15-16H2,(H,24,26)/t21-/m0/s1. The van der Waals surface area contributed by atoms with E-state index in [1.54, 1.807) is 72.8 Å². The van der Waals surface area contributed by atoms with E-state index in [0.717, 1.165) is 0 Å². The first-order valence-corrected chi connectivity index (χ1v) is 11.0. The van der Waals surface area contributed by atoms with Crippen LogP contribution in [0.15, 0.2) is 89.8 Å². The molecule has 1 aliphatic heterocycles. The molecule has 3 aromatic rings. The molecule has 0 unspecified atom stereocenters. The number of amides is 2. The highest BCUT2D eigenvalue weighted by Crippen LogP contribution is 2.40. The second-order valence-electron chi connectivity index (χ2n) is 7.01. The van der Waals surface area contributed by atoms with Gasteiger partial charge in [-0.05, 0) is 29.8 Å². The monoisotopic (exact) mass is 420 g/mol. The lowest BCUT2D eigenvalue weighted by atomic mass is 10.1. The first-order valence-electron chi connectivity index (χ1n) is 9.50. The van der Waals surface area contributed by atoms with Crippen LogP contribution in [0.3, 0.4) is 0 Å². The highest BCUT2D eigenvalue weighted by molar-refractivity contribution is 7.92. The minimum atomic E-state index is -3.83. The van der Waals surface area contributed by atoms with E-state index in [9.17, 15) is 18.0 Å². The molecule has 1 heterocycles. The largest absolute Gasteiger partial charge is 0.325 e. The second kappa shape index (κ2) is 8.12. The fourth-order valence-electron chi connectivity index (χ4n) is 3.59. The molecule has 6 nitrogen and oxygen atoms in total. The first kappa shape index (κ1) is 19.8. The zero-order valence-corrected chi connectivity index (χ0v) is 16.9. The minimum absolute atomic E-state index is 0.0530. The van der Waals surface area contributed by atoms with Crippen molar-refractivity contribution in [3.05, 3.63) is 90.5 Å². The predicted molar refractivity (Wildman–Crippen MR) is 115 cm³/mol. The van der Waals surface area contributed by atoms with Crippen molar-refractivity contribution in [3.63, 3.8) is 0 Å².